The van der Waals surface area contributed by atoms with Gasteiger partial charge in [0.05, 0.1) is 5.69 Å². The number of rotatable bonds is 3. The molecule has 2 atom stereocenters. The van der Waals surface area contributed by atoms with E-state index in [1.807, 2.05) is 55.0 Å². The molecule has 1 aromatic rings. The van der Waals surface area contributed by atoms with Gasteiger partial charge in [-0.05, 0) is 38.0 Å². The van der Waals surface area contributed by atoms with Crippen molar-refractivity contribution in [2.45, 2.75) is 39.4 Å². The molecule has 3 aliphatic heterocycles. The number of halogens is 1. The smallest absolute Gasteiger partial charge is 0.302 e. The Morgan fingerprint density at radius 1 is 1.22 bits per heavy atom. The summed E-state index contributed by atoms with van der Waals surface area (Å²) in [7, 11) is 1.70. The molecule has 3 amide bonds. The number of hydrogen-bond acceptors (Lipinski definition) is 5. The van der Waals surface area contributed by atoms with Gasteiger partial charge < -0.3 is 9.80 Å². The molecule has 0 radical (unpaired) electrons. The van der Waals surface area contributed by atoms with Crippen molar-refractivity contribution in [1.82, 2.24) is 14.7 Å². The number of anilines is 1. The lowest BCUT2D eigenvalue weighted by atomic mass is 10.1. The fourth-order valence-electron chi connectivity index (χ4n) is 3.90. The topological polar surface area (TPSA) is 59.5 Å². The molecule has 0 saturated carbocycles. The molecule has 3 heterocycles. The van der Waals surface area contributed by atoms with Gasteiger partial charge >= 0.3 is 6.03 Å². The molecular weight excluding hydrogens is 366 g/mol. The number of hydrogen-bond donors (Lipinski definition) is 0. The second-order valence-electron chi connectivity index (χ2n) is 7.11. The van der Waals surface area contributed by atoms with Crippen LogP contribution in [0.15, 0.2) is 35.1 Å². The third-order valence-electron chi connectivity index (χ3n) is 5.25. The average Bonchev–Trinajstić information content (AvgIpc) is 3.14. The lowest BCUT2D eigenvalue weighted by Crippen LogP contribution is -2.64. The van der Waals surface area contributed by atoms with Crippen molar-refractivity contribution < 1.29 is 9.59 Å². The number of benzene rings is 1. The molecule has 2 unspecified atom stereocenters. The predicted octanol–water partition coefficient (Wildman–Crippen LogP) is 3.00. The van der Waals surface area contributed by atoms with E-state index in [0.29, 0.717) is 17.5 Å². The fourth-order valence-corrected chi connectivity index (χ4v) is 4.07. The van der Waals surface area contributed by atoms with Crippen LogP contribution >= 0.6 is 11.6 Å². The van der Waals surface area contributed by atoms with Crippen molar-refractivity contribution in [1.29, 1.82) is 0 Å². The van der Waals surface area contributed by atoms with E-state index in [0.717, 1.165) is 23.4 Å². The van der Waals surface area contributed by atoms with Crippen LogP contribution in [0.3, 0.4) is 0 Å². The first-order valence-corrected chi connectivity index (χ1v) is 9.42. The van der Waals surface area contributed by atoms with E-state index in [2.05, 4.69) is 0 Å². The Hall–Kier alpha value is -2.54. The Bertz CT molecular complexity index is 896. The van der Waals surface area contributed by atoms with Gasteiger partial charge in [-0.2, -0.15) is 0 Å². The van der Waals surface area contributed by atoms with E-state index in [4.69, 9.17) is 16.6 Å². The Morgan fingerprint density at radius 2 is 1.96 bits per heavy atom. The van der Waals surface area contributed by atoms with Gasteiger partial charge in [0.25, 0.3) is 5.91 Å². The number of likely N-dealkylation sites (N-methyl/N-ethyl adjacent to an activating group) is 1. The lowest BCUT2D eigenvalue weighted by Gasteiger charge is -2.40. The molecule has 1 aromatic carbocycles. The van der Waals surface area contributed by atoms with Crippen molar-refractivity contribution in [3.05, 3.63) is 40.7 Å². The summed E-state index contributed by atoms with van der Waals surface area (Å²) < 4.78 is 0. The van der Waals surface area contributed by atoms with Gasteiger partial charge in [-0.3, -0.25) is 14.6 Å². The van der Waals surface area contributed by atoms with Crippen molar-refractivity contribution in [2.75, 3.05) is 18.5 Å². The first kappa shape index (κ1) is 17.9. The maximum absolute atomic E-state index is 13.1. The number of imide groups is 1. The predicted molar refractivity (Wildman–Crippen MR) is 104 cm³/mol. The lowest BCUT2D eigenvalue weighted by molar-refractivity contribution is -0.136. The van der Waals surface area contributed by atoms with Gasteiger partial charge in [0.2, 0.25) is 5.96 Å². The van der Waals surface area contributed by atoms with Crippen LogP contribution in [0.25, 0.3) is 0 Å². The average molecular weight is 388 g/mol. The molecule has 0 N–H and O–H groups in total. The minimum absolute atomic E-state index is 0.197. The summed E-state index contributed by atoms with van der Waals surface area (Å²) in [5.74, 6) is 0.455. The number of guanidine groups is 1. The first-order chi connectivity index (χ1) is 12.8. The van der Waals surface area contributed by atoms with Crippen molar-refractivity contribution >= 4 is 35.2 Å². The zero-order valence-electron chi connectivity index (χ0n) is 15.8. The number of fused-ring (bicyclic) bond motifs is 3. The van der Waals surface area contributed by atoms with E-state index in [1.165, 1.54) is 4.90 Å². The molecule has 4 rings (SSSR count). The minimum atomic E-state index is -0.534. The van der Waals surface area contributed by atoms with Crippen LogP contribution in [0.2, 0.25) is 5.02 Å². The summed E-state index contributed by atoms with van der Waals surface area (Å²) in [5.41, 5.74) is 2.92. The van der Waals surface area contributed by atoms with Crippen LogP contribution < -0.4 is 4.90 Å². The third kappa shape index (κ3) is 2.52. The zero-order chi connectivity index (χ0) is 19.5. The number of carbonyl (C=O) groups excluding carboxylic acids is 2. The van der Waals surface area contributed by atoms with Gasteiger partial charge in [0.1, 0.15) is 0 Å². The monoisotopic (exact) mass is 387 g/mol. The number of amides is 3. The number of nitrogens with zero attached hydrogens (tertiary/aromatic N) is 5. The summed E-state index contributed by atoms with van der Waals surface area (Å²) in [6, 6.07) is 4.87. The van der Waals surface area contributed by atoms with E-state index in [1.54, 1.807) is 11.9 Å². The highest BCUT2D eigenvalue weighted by Crippen LogP contribution is 2.38. The second kappa shape index (κ2) is 6.27. The van der Waals surface area contributed by atoms with Crippen LogP contribution in [0, 0.1) is 6.92 Å². The van der Waals surface area contributed by atoms with E-state index in [9.17, 15) is 9.59 Å². The van der Waals surface area contributed by atoms with Gasteiger partial charge in [-0.15, -0.1) is 0 Å². The molecule has 0 bridgehead atoms. The summed E-state index contributed by atoms with van der Waals surface area (Å²) in [5, 5.41) is 0.635. The van der Waals surface area contributed by atoms with Crippen molar-refractivity contribution in [2.24, 2.45) is 4.99 Å². The number of aliphatic imine (C=N–C) groups is 1. The zero-order valence-corrected chi connectivity index (χ0v) is 16.6. The maximum atomic E-state index is 13.1. The van der Waals surface area contributed by atoms with Crippen LogP contribution in [-0.2, 0) is 4.79 Å². The largest absolute Gasteiger partial charge is 0.328 e. The highest BCUT2D eigenvalue weighted by atomic mass is 35.5. The van der Waals surface area contributed by atoms with Crippen molar-refractivity contribution in [3.8, 4) is 0 Å². The number of allylic oxidation sites excluding steroid dienone is 1. The summed E-state index contributed by atoms with van der Waals surface area (Å²) in [6.07, 6.45) is 2.12. The molecule has 142 valence electrons. The number of urea groups is 1. The second-order valence-corrected chi connectivity index (χ2v) is 7.55. The van der Waals surface area contributed by atoms with Gasteiger partial charge in [0, 0.05) is 30.5 Å². The maximum Gasteiger partial charge on any atom is 0.328 e. The van der Waals surface area contributed by atoms with Crippen LogP contribution in [0.5, 0.6) is 0 Å². The highest BCUT2D eigenvalue weighted by Gasteiger charge is 2.54. The van der Waals surface area contributed by atoms with Crippen LogP contribution in [0.1, 0.15) is 25.8 Å². The van der Waals surface area contributed by atoms with Crippen LogP contribution in [-0.4, -0.2) is 58.4 Å². The quantitative estimate of drug-likeness (QED) is 0.800. The van der Waals surface area contributed by atoms with E-state index < -0.39 is 12.2 Å². The van der Waals surface area contributed by atoms with Gasteiger partial charge in [0.15, 0.2) is 12.2 Å². The number of aryl methyl sites for hydroxylation is 1. The number of carbonyl (C=O) groups is 2. The molecule has 8 heteroatoms. The molecule has 1 fully saturated rings. The Morgan fingerprint density at radius 3 is 2.67 bits per heavy atom. The van der Waals surface area contributed by atoms with Crippen molar-refractivity contribution in [3.63, 3.8) is 0 Å². The molecule has 0 aromatic heterocycles. The summed E-state index contributed by atoms with van der Waals surface area (Å²) >= 11 is 6.21. The first-order valence-electron chi connectivity index (χ1n) is 9.04. The Balaban J connectivity index is 1.76. The third-order valence-corrected chi connectivity index (χ3v) is 5.48. The summed E-state index contributed by atoms with van der Waals surface area (Å²) in [4.78, 5) is 37.2. The van der Waals surface area contributed by atoms with Crippen LogP contribution in [0.4, 0.5) is 10.5 Å². The molecule has 3 aliphatic rings. The normalized spacial score (nSPS) is 24.3. The standard InChI is InChI=1S/C19H22ClN5O2/c1-5-8-23-17(26)15-16(22(4)19(23)27)21-18-24(15)10-12(3)25(18)14-9-13(20)7-6-11(14)2/h6-7,9-10,15-16H,5,8H2,1-4H3. The fraction of sp³-hybridized carbons (Fsp3) is 0.421. The molecule has 1 saturated heterocycles. The highest BCUT2D eigenvalue weighted by molar-refractivity contribution is 6.31. The molecule has 0 aliphatic carbocycles. The van der Waals surface area contributed by atoms with E-state index in [-0.39, 0.29) is 11.9 Å². The minimum Gasteiger partial charge on any atom is -0.302 e. The Kier molecular flexibility index (Phi) is 4.14. The molecule has 27 heavy (non-hydrogen) atoms. The van der Waals surface area contributed by atoms with Gasteiger partial charge in [-0.1, -0.05) is 24.6 Å². The molecular formula is C19H22ClN5O2. The molecule has 0 spiro atoms. The Labute approximate surface area is 163 Å². The van der Waals surface area contributed by atoms with Gasteiger partial charge in [-0.25, -0.2) is 9.79 Å². The summed E-state index contributed by atoms with van der Waals surface area (Å²) in [6.45, 7) is 6.34. The molecule has 7 nitrogen and oxygen atoms in total. The van der Waals surface area contributed by atoms with E-state index >= 15 is 0 Å². The SMILES string of the molecule is CCCN1C(=O)C2C(N=C3N(c4cc(Cl)ccc4C)C(C)=CN32)N(C)C1=O.